The van der Waals surface area contributed by atoms with Gasteiger partial charge in [-0.3, -0.25) is 9.55 Å². The second kappa shape index (κ2) is 17.8. The van der Waals surface area contributed by atoms with Gasteiger partial charge in [0.1, 0.15) is 11.6 Å². The predicted octanol–water partition coefficient (Wildman–Crippen LogP) is 15.5. The van der Waals surface area contributed by atoms with Gasteiger partial charge in [0.25, 0.3) is 0 Å². The molecule has 65 heavy (non-hydrogen) atoms. The van der Waals surface area contributed by atoms with Gasteiger partial charge < -0.3 is 5.11 Å². The van der Waals surface area contributed by atoms with Gasteiger partial charge in [0.15, 0.2) is 0 Å². The molecule has 0 atom stereocenters. The molecular weight excluding hydrogens is 974 g/mol. The van der Waals surface area contributed by atoms with E-state index in [1.165, 1.54) is 16.7 Å². The first-order valence-corrected chi connectivity index (χ1v) is 21.9. The monoisotopic (exact) mass is 1020 g/mol. The van der Waals surface area contributed by atoms with Crippen molar-refractivity contribution < 1.29 is 26.2 Å². The summed E-state index contributed by atoms with van der Waals surface area (Å²) in [7, 11) is 0. The Bertz CT molecular complexity index is 3310. The molecule has 0 amide bonds. The largest absolute Gasteiger partial charge is 0.507 e. The van der Waals surface area contributed by atoms with Crippen molar-refractivity contribution >= 4 is 11.0 Å². The van der Waals surface area contributed by atoms with E-state index < -0.39 is 0 Å². The summed E-state index contributed by atoms with van der Waals surface area (Å²) in [5.41, 5.74) is 18.8. The number of fused-ring (bicyclic) bond motifs is 1. The van der Waals surface area contributed by atoms with Gasteiger partial charge in [0.05, 0.1) is 22.3 Å². The van der Waals surface area contributed by atoms with Gasteiger partial charge in [-0.1, -0.05) is 183 Å². The molecule has 5 heteroatoms. The summed E-state index contributed by atoms with van der Waals surface area (Å²) in [6.45, 7) is 10.8. The number of imidazole rings is 1. The van der Waals surface area contributed by atoms with E-state index >= 15 is 0 Å². The van der Waals surface area contributed by atoms with Gasteiger partial charge in [-0.25, -0.2) is 4.98 Å². The molecule has 8 aromatic carbocycles. The van der Waals surface area contributed by atoms with Gasteiger partial charge >= 0.3 is 0 Å². The quantitative estimate of drug-likeness (QED) is 0.154. The predicted molar refractivity (Wildman–Crippen MR) is 266 cm³/mol. The van der Waals surface area contributed by atoms with Gasteiger partial charge in [-0.15, -0.1) is 23.8 Å². The minimum Gasteiger partial charge on any atom is -0.507 e. The van der Waals surface area contributed by atoms with Crippen molar-refractivity contribution in [2.24, 2.45) is 0 Å². The first-order valence-electron chi connectivity index (χ1n) is 21.9. The standard InChI is InChI=1S/C60H48N3O.Pt/c1-39-32-40(2)58(64)53(33-39)59-62-57-51(22-15-23-56(57)63(59)55-29-28-50(60(3,4)5)38-52(55)45-20-13-8-14-21-45)48-34-47(42-18-11-7-12-19-42)35-49(36-48)54-37-46(30-31-61-54)44-26-24-43(25-27-44)41-16-9-6-10-17-41;/h6-35,37-38,64H,1-5H3;/q-1;. The van der Waals surface area contributed by atoms with E-state index in [4.69, 9.17) is 9.97 Å². The average molecular weight is 1020 g/mol. The molecule has 0 aliphatic heterocycles. The molecule has 320 valence electrons. The van der Waals surface area contributed by atoms with Crippen molar-refractivity contribution in [3.63, 3.8) is 0 Å². The van der Waals surface area contributed by atoms with Crippen LogP contribution >= 0.6 is 0 Å². The van der Waals surface area contributed by atoms with Gasteiger partial charge in [0, 0.05) is 38.5 Å². The van der Waals surface area contributed by atoms with Crippen LogP contribution in [-0.4, -0.2) is 19.6 Å². The Kier molecular flexibility index (Phi) is 11.8. The van der Waals surface area contributed by atoms with E-state index in [1.807, 2.05) is 37.4 Å². The molecule has 0 bridgehead atoms. The van der Waals surface area contributed by atoms with Crippen molar-refractivity contribution in [2.45, 2.75) is 40.0 Å². The zero-order valence-electron chi connectivity index (χ0n) is 37.1. The second-order valence-electron chi connectivity index (χ2n) is 17.7. The maximum Gasteiger partial charge on any atom is 0.148 e. The number of aromatic hydroxyl groups is 1. The third kappa shape index (κ3) is 8.51. The van der Waals surface area contributed by atoms with E-state index in [2.05, 4.69) is 202 Å². The Balaban J connectivity index is 0.00000533. The Morgan fingerprint density at radius 3 is 1.77 bits per heavy atom. The van der Waals surface area contributed by atoms with Crippen LogP contribution in [0.15, 0.2) is 194 Å². The summed E-state index contributed by atoms with van der Waals surface area (Å²) in [6.07, 6.45) is 1.89. The Labute approximate surface area is 396 Å². The fourth-order valence-electron chi connectivity index (χ4n) is 8.81. The number of nitrogens with zero attached hydrogens (tertiary/aromatic N) is 3. The van der Waals surface area contributed by atoms with Gasteiger partial charge in [-0.05, 0) is 99.7 Å². The fraction of sp³-hybridized carbons (Fsp3) is 0.100. The molecule has 0 unspecified atom stereocenters. The molecule has 0 radical (unpaired) electrons. The Hall–Kier alpha value is -7.13. The van der Waals surface area contributed by atoms with Crippen LogP contribution in [0.5, 0.6) is 5.75 Å². The molecule has 10 rings (SSSR count). The van der Waals surface area contributed by atoms with Gasteiger partial charge in [-0.2, -0.15) is 0 Å². The zero-order valence-corrected chi connectivity index (χ0v) is 39.4. The van der Waals surface area contributed by atoms with Crippen LogP contribution in [0.1, 0.15) is 37.5 Å². The smallest absolute Gasteiger partial charge is 0.148 e. The first kappa shape index (κ1) is 43.1. The summed E-state index contributed by atoms with van der Waals surface area (Å²) in [6, 6.07) is 69.8. The third-order valence-electron chi connectivity index (χ3n) is 12.2. The number of hydrogen-bond donors (Lipinski definition) is 1. The summed E-state index contributed by atoms with van der Waals surface area (Å²) >= 11 is 0. The van der Waals surface area contributed by atoms with Crippen LogP contribution in [0.4, 0.5) is 0 Å². The molecular formula is C60H48N3OPt-. The SMILES string of the molecule is Cc1cc(C)c(O)c(-c2nc3c(-c4[c-]c(-c5cc(-c6ccc(-c7ccccc7)cc6)ccn5)cc(-c5ccccc5)c4)cccc3n2-c2ccc(C(C)(C)C)cc2-c2ccccc2)c1.[Pt]. The van der Waals surface area contributed by atoms with Crippen LogP contribution in [0.2, 0.25) is 0 Å². The van der Waals surface area contributed by atoms with Crippen molar-refractivity contribution in [2.75, 3.05) is 0 Å². The van der Waals surface area contributed by atoms with Crippen molar-refractivity contribution in [3.05, 3.63) is 217 Å². The Morgan fingerprint density at radius 1 is 0.508 bits per heavy atom. The van der Waals surface area contributed by atoms with E-state index in [0.29, 0.717) is 11.4 Å². The van der Waals surface area contributed by atoms with E-state index in [1.54, 1.807) is 0 Å². The minimum atomic E-state index is -0.0698. The maximum atomic E-state index is 11.8. The molecule has 2 heterocycles. The molecule has 2 aromatic heterocycles. The van der Waals surface area contributed by atoms with Crippen molar-refractivity contribution in [1.29, 1.82) is 0 Å². The minimum absolute atomic E-state index is 0. The molecule has 0 aliphatic carbocycles. The maximum absolute atomic E-state index is 11.8. The van der Waals surface area contributed by atoms with Crippen LogP contribution in [0.25, 0.3) is 95.0 Å². The van der Waals surface area contributed by atoms with Crippen LogP contribution in [0, 0.1) is 19.9 Å². The molecule has 0 saturated carbocycles. The number of aromatic nitrogens is 3. The van der Waals surface area contributed by atoms with E-state index in [-0.39, 0.29) is 32.2 Å². The molecule has 10 aromatic rings. The van der Waals surface area contributed by atoms with Crippen LogP contribution in [-0.2, 0) is 26.5 Å². The van der Waals surface area contributed by atoms with Crippen LogP contribution < -0.4 is 0 Å². The van der Waals surface area contributed by atoms with Crippen molar-refractivity contribution in [1.82, 2.24) is 14.5 Å². The van der Waals surface area contributed by atoms with Crippen LogP contribution in [0.3, 0.4) is 0 Å². The normalized spacial score (nSPS) is 11.4. The first-order chi connectivity index (χ1) is 31.1. The average Bonchev–Trinajstić information content (AvgIpc) is 3.72. The third-order valence-corrected chi connectivity index (χ3v) is 12.2. The number of phenolic OH excluding ortho intramolecular Hbond substituents is 1. The molecule has 0 saturated heterocycles. The number of pyridine rings is 1. The number of phenols is 1. The number of para-hydroxylation sites is 1. The topological polar surface area (TPSA) is 50.9 Å². The summed E-state index contributed by atoms with van der Waals surface area (Å²) in [4.78, 5) is 10.5. The number of benzene rings is 8. The van der Waals surface area contributed by atoms with Crippen molar-refractivity contribution in [3.8, 4) is 89.7 Å². The number of hydrogen-bond acceptors (Lipinski definition) is 3. The molecule has 0 aliphatic rings. The fourth-order valence-corrected chi connectivity index (χ4v) is 8.81. The van der Waals surface area contributed by atoms with E-state index in [0.717, 1.165) is 83.6 Å². The second-order valence-corrected chi connectivity index (χ2v) is 17.7. The van der Waals surface area contributed by atoms with E-state index in [9.17, 15) is 5.11 Å². The number of rotatable bonds is 8. The van der Waals surface area contributed by atoms with Gasteiger partial charge in [0.2, 0.25) is 0 Å². The zero-order chi connectivity index (χ0) is 44.0. The number of aryl methyl sites for hydroxylation is 2. The Morgan fingerprint density at radius 2 is 1.11 bits per heavy atom. The summed E-state index contributed by atoms with van der Waals surface area (Å²) in [5, 5.41) is 11.8. The molecule has 0 spiro atoms. The summed E-state index contributed by atoms with van der Waals surface area (Å²) < 4.78 is 2.23. The molecule has 0 fully saturated rings. The summed E-state index contributed by atoms with van der Waals surface area (Å²) in [5.74, 6) is 0.886. The molecule has 1 N–H and O–H groups in total. The molecule has 4 nitrogen and oxygen atoms in total.